The van der Waals surface area contributed by atoms with Crippen LogP contribution in [0.2, 0.25) is 0 Å². The summed E-state index contributed by atoms with van der Waals surface area (Å²) in [6.45, 7) is 2.97. The minimum Gasteiger partial charge on any atom is -0.330 e. The number of rotatable bonds is 7. The topological polar surface area (TPSA) is 69.1 Å². The normalized spacial score (nSPS) is 12.9. The van der Waals surface area contributed by atoms with Gasteiger partial charge in [0, 0.05) is 6.42 Å². The predicted molar refractivity (Wildman–Crippen MR) is 50.7 cm³/mol. The van der Waals surface area contributed by atoms with Gasteiger partial charge in [0.1, 0.15) is 5.78 Å². The third-order valence-corrected chi connectivity index (χ3v) is 1.98. The lowest BCUT2D eigenvalue weighted by Crippen LogP contribution is -2.17. The second-order valence-corrected chi connectivity index (χ2v) is 3.29. The van der Waals surface area contributed by atoms with Crippen LogP contribution >= 0.6 is 0 Å². The summed E-state index contributed by atoms with van der Waals surface area (Å²) in [4.78, 5) is 10.8. The van der Waals surface area contributed by atoms with Crippen LogP contribution in [0.5, 0.6) is 0 Å². The summed E-state index contributed by atoms with van der Waals surface area (Å²) in [5, 5.41) is 0. The van der Waals surface area contributed by atoms with Crippen LogP contribution in [-0.4, -0.2) is 18.9 Å². The highest BCUT2D eigenvalue weighted by atomic mass is 16.1. The van der Waals surface area contributed by atoms with Gasteiger partial charge in [0.15, 0.2) is 0 Å². The molecule has 0 saturated heterocycles. The highest BCUT2D eigenvalue weighted by Gasteiger charge is 2.08. The number of unbranched alkanes of at least 4 members (excludes halogenated alkanes) is 1. The third kappa shape index (κ3) is 6.31. The molecule has 0 spiro atoms. The van der Waals surface area contributed by atoms with Crippen LogP contribution in [0, 0.1) is 5.92 Å². The van der Waals surface area contributed by atoms with E-state index >= 15 is 0 Å². The summed E-state index contributed by atoms with van der Waals surface area (Å²) in [6, 6.07) is 0. The highest BCUT2D eigenvalue weighted by Crippen LogP contribution is 2.11. The van der Waals surface area contributed by atoms with Gasteiger partial charge in [-0.2, -0.15) is 0 Å². The molecule has 0 rings (SSSR count). The lowest BCUT2D eigenvalue weighted by atomic mass is 9.97. The zero-order valence-electron chi connectivity index (χ0n) is 7.88. The molecule has 0 aromatic heterocycles. The molecule has 0 radical (unpaired) electrons. The Kier molecular flexibility index (Phi) is 7.00. The SMILES string of the molecule is CC(=O)CC(CN)CCCCN. The van der Waals surface area contributed by atoms with Crippen molar-refractivity contribution in [3.05, 3.63) is 0 Å². The van der Waals surface area contributed by atoms with Crippen LogP contribution in [0.4, 0.5) is 0 Å². The summed E-state index contributed by atoms with van der Waals surface area (Å²) in [7, 11) is 0. The van der Waals surface area contributed by atoms with Crippen molar-refractivity contribution in [3.8, 4) is 0 Å². The lowest BCUT2D eigenvalue weighted by molar-refractivity contribution is -0.117. The zero-order chi connectivity index (χ0) is 9.40. The molecule has 0 heterocycles. The maximum absolute atomic E-state index is 10.8. The fourth-order valence-corrected chi connectivity index (χ4v) is 1.29. The van der Waals surface area contributed by atoms with E-state index in [0.29, 0.717) is 18.9 Å². The van der Waals surface area contributed by atoms with Gasteiger partial charge in [-0.05, 0) is 38.8 Å². The maximum Gasteiger partial charge on any atom is 0.130 e. The van der Waals surface area contributed by atoms with Crippen molar-refractivity contribution in [2.75, 3.05) is 13.1 Å². The molecule has 1 atom stereocenters. The first kappa shape index (κ1) is 11.6. The van der Waals surface area contributed by atoms with Crippen LogP contribution in [0.25, 0.3) is 0 Å². The number of hydrogen-bond acceptors (Lipinski definition) is 3. The molecule has 3 nitrogen and oxygen atoms in total. The number of carbonyl (C=O) groups is 1. The minimum absolute atomic E-state index is 0.234. The van der Waals surface area contributed by atoms with E-state index in [2.05, 4.69) is 0 Å². The molecule has 0 bridgehead atoms. The Labute approximate surface area is 74.5 Å². The monoisotopic (exact) mass is 172 g/mol. The fourth-order valence-electron chi connectivity index (χ4n) is 1.29. The average Bonchev–Trinajstić information content (AvgIpc) is 2.02. The summed E-state index contributed by atoms with van der Waals surface area (Å²) in [6.07, 6.45) is 3.79. The van der Waals surface area contributed by atoms with Gasteiger partial charge in [-0.1, -0.05) is 6.42 Å². The van der Waals surface area contributed by atoms with Crippen LogP contribution < -0.4 is 11.5 Å². The maximum atomic E-state index is 10.8. The molecule has 0 aliphatic carbocycles. The number of Topliss-reactive ketones (excluding diaryl/α,β-unsaturated/α-hetero) is 1. The smallest absolute Gasteiger partial charge is 0.130 e. The van der Waals surface area contributed by atoms with Crippen LogP contribution in [-0.2, 0) is 4.79 Å². The number of nitrogens with two attached hydrogens (primary N) is 2. The second-order valence-electron chi connectivity index (χ2n) is 3.29. The van der Waals surface area contributed by atoms with Crippen LogP contribution in [0.15, 0.2) is 0 Å². The van der Waals surface area contributed by atoms with E-state index in [0.717, 1.165) is 25.8 Å². The van der Waals surface area contributed by atoms with Crippen LogP contribution in [0.1, 0.15) is 32.6 Å². The van der Waals surface area contributed by atoms with E-state index in [-0.39, 0.29) is 5.78 Å². The molecule has 0 aliphatic heterocycles. The zero-order valence-corrected chi connectivity index (χ0v) is 7.88. The predicted octanol–water partition coefficient (Wildman–Crippen LogP) is 0.669. The molecule has 0 aliphatic rings. The first-order valence-corrected chi connectivity index (χ1v) is 4.60. The van der Waals surface area contributed by atoms with Gasteiger partial charge in [-0.15, -0.1) is 0 Å². The first-order chi connectivity index (χ1) is 5.70. The Morgan fingerprint density at radius 1 is 1.33 bits per heavy atom. The quantitative estimate of drug-likeness (QED) is 0.554. The Morgan fingerprint density at radius 3 is 2.42 bits per heavy atom. The standard InChI is InChI=1S/C9H20N2O/c1-8(12)6-9(7-11)4-2-3-5-10/h9H,2-7,10-11H2,1H3. The van der Waals surface area contributed by atoms with E-state index < -0.39 is 0 Å². The van der Waals surface area contributed by atoms with Gasteiger partial charge in [-0.3, -0.25) is 0 Å². The molecule has 12 heavy (non-hydrogen) atoms. The third-order valence-electron chi connectivity index (χ3n) is 1.98. The Morgan fingerprint density at radius 2 is 2.00 bits per heavy atom. The molecule has 0 amide bonds. The van der Waals surface area contributed by atoms with Gasteiger partial charge in [0.25, 0.3) is 0 Å². The Bertz CT molecular complexity index is 126. The molecule has 4 N–H and O–H groups in total. The van der Waals surface area contributed by atoms with Crippen molar-refractivity contribution in [2.24, 2.45) is 17.4 Å². The molecule has 0 saturated carbocycles. The fraction of sp³-hybridized carbons (Fsp3) is 0.889. The van der Waals surface area contributed by atoms with Crippen molar-refractivity contribution in [2.45, 2.75) is 32.6 Å². The first-order valence-electron chi connectivity index (χ1n) is 4.60. The molecule has 0 aromatic rings. The Hall–Kier alpha value is -0.410. The van der Waals surface area contributed by atoms with E-state index in [1.54, 1.807) is 6.92 Å². The van der Waals surface area contributed by atoms with Crippen molar-refractivity contribution in [1.82, 2.24) is 0 Å². The summed E-state index contributed by atoms with van der Waals surface area (Å²) >= 11 is 0. The summed E-state index contributed by atoms with van der Waals surface area (Å²) < 4.78 is 0. The largest absolute Gasteiger partial charge is 0.330 e. The summed E-state index contributed by atoms with van der Waals surface area (Å²) in [5.74, 6) is 0.604. The second kappa shape index (κ2) is 7.25. The van der Waals surface area contributed by atoms with E-state index in [1.165, 1.54) is 0 Å². The molecule has 3 heteroatoms. The van der Waals surface area contributed by atoms with Crippen molar-refractivity contribution < 1.29 is 4.79 Å². The number of ketones is 1. The van der Waals surface area contributed by atoms with Gasteiger partial charge < -0.3 is 16.3 Å². The van der Waals surface area contributed by atoms with E-state index in [4.69, 9.17) is 11.5 Å². The van der Waals surface area contributed by atoms with Crippen molar-refractivity contribution in [1.29, 1.82) is 0 Å². The van der Waals surface area contributed by atoms with Crippen molar-refractivity contribution in [3.63, 3.8) is 0 Å². The summed E-state index contributed by atoms with van der Waals surface area (Å²) in [5.41, 5.74) is 10.9. The highest BCUT2D eigenvalue weighted by molar-refractivity contribution is 5.75. The minimum atomic E-state index is 0.234. The number of hydrogen-bond donors (Lipinski definition) is 2. The molecule has 0 fully saturated rings. The van der Waals surface area contributed by atoms with Gasteiger partial charge in [0.05, 0.1) is 0 Å². The molecule has 1 unspecified atom stereocenters. The van der Waals surface area contributed by atoms with E-state index in [1.807, 2.05) is 0 Å². The molecular formula is C9H20N2O. The van der Waals surface area contributed by atoms with E-state index in [9.17, 15) is 4.79 Å². The van der Waals surface area contributed by atoms with Crippen LogP contribution in [0.3, 0.4) is 0 Å². The lowest BCUT2D eigenvalue weighted by Gasteiger charge is -2.11. The molecule has 0 aromatic carbocycles. The average molecular weight is 172 g/mol. The van der Waals surface area contributed by atoms with Gasteiger partial charge in [0.2, 0.25) is 0 Å². The van der Waals surface area contributed by atoms with Gasteiger partial charge in [-0.25, -0.2) is 0 Å². The molecule has 72 valence electrons. The number of carbonyl (C=O) groups excluding carboxylic acids is 1. The van der Waals surface area contributed by atoms with Crippen molar-refractivity contribution >= 4 is 5.78 Å². The Balaban J connectivity index is 3.46. The van der Waals surface area contributed by atoms with Gasteiger partial charge >= 0.3 is 0 Å². The molecular weight excluding hydrogens is 152 g/mol.